The number of rotatable bonds is 4. The van der Waals surface area contributed by atoms with E-state index in [-0.39, 0.29) is 4.90 Å². The Kier molecular flexibility index (Phi) is 4.56. The number of hydrogen-bond donors (Lipinski definition) is 2. The number of sulfonamides is 1. The highest BCUT2D eigenvalue weighted by Gasteiger charge is 2.21. The zero-order chi connectivity index (χ0) is 16.5. The van der Waals surface area contributed by atoms with Crippen LogP contribution in [0.1, 0.15) is 5.56 Å². The lowest BCUT2D eigenvalue weighted by atomic mass is 10.2. The fourth-order valence-corrected chi connectivity index (χ4v) is 3.27. The molecule has 0 heterocycles. The van der Waals surface area contributed by atoms with Crippen LogP contribution in [0, 0.1) is 20.6 Å². The van der Waals surface area contributed by atoms with Crippen molar-refractivity contribution in [2.75, 3.05) is 4.72 Å². The van der Waals surface area contributed by atoms with Gasteiger partial charge in [0.05, 0.1) is 9.82 Å². The molecule has 2 aromatic rings. The highest BCUT2D eigenvalue weighted by molar-refractivity contribution is 14.1. The van der Waals surface area contributed by atoms with Crippen molar-refractivity contribution in [1.29, 1.82) is 0 Å². The summed E-state index contributed by atoms with van der Waals surface area (Å²) in [5.41, 5.74) is 0.691. The van der Waals surface area contributed by atoms with Gasteiger partial charge in [0.2, 0.25) is 0 Å². The summed E-state index contributed by atoms with van der Waals surface area (Å²) in [7, 11) is -3.98. The number of hydrogen-bond acceptors (Lipinski definition) is 5. The lowest BCUT2D eigenvalue weighted by molar-refractivity contribution is -0.386. The van der Waals surface area contributed by atoms with E-state index in [9.17, 15) is 23.6 Å². The maximum absolute atomic E-state index is 12.3. The number of phenols is 1. The molecule has 0 bridgehead atoms. The predicted octanol–water partition coefficient (Wildman–Crippen LogP) is 3.01. The third kappa shape index (κ3) is 3.47. The van der Waals surface area contributed by atoms with Crippen LogP contribution in [0.25, 0.3) is 0 Å². The fraction of sp³-hybridized carbons (Fsp3) is 0.0769. The Labute approximate surface area is 140 Å². The SMILES string of the molecule is Cc1ccc(NS(=O)(=O)c2ccc(O)c([N+](=O)[O-])c2)cc1I. The normalized spacial score (nSPS) is 11.2. The Balaban J connectivity index is 2.40. The van der Waals surface area contributed by atoms with Gasteiger partial charge in [0.1, 0.15) is 0 Å². The molecule has 0 saturated carbocycles. The number of nitrogens with zero attached hydrogens (tertiary/aromatic N) is 1. The molecule has 0 spiro atoms. The van der Waals surface area contributed by atoms with Crippen LogP contribution in [0.15, 0.2) is 41.3 Å². The summed E-state index contributed by atoms with van der Waals surface area (Å²) in [6, 6.07) is 7.91. The molecule has 0 saturated heterocycles. The van der Waals surface area contributed by atoms with Crippen molar-refractivity contribution in [2.24, 2.45) is 0 Å². The first-order valence-electron chi connectivity index (χ1n) is 5.97. The molecule has 2 rings (SSSR count). The van der Waals surface area contributed by atoms with E-state index in [0.29, 0.717) is 5.69 Å². The monoisotopic (exact) mass is 434 g/mol. The Bertz CT molecular complexity index is 852. The molecule has 7 nitrogen and oxygen atoms in total. The van der Waals surface area contributed by atoms with Crippen molar-refractivity contribution in [2.45, 2.75) is 11.8 Å². The zero-order valence-corrected chi connectivity index (χ0v) is 14.3. The third-order valence-corrected chi connectivity index (χ3v) is 5.42. The van der Waals surface area contributed by atoms with Crippen molar-refractivity contribution in [1.82, 2.24) is 0 Å². The summed E-state index contributed by atoms with van der Waals surface area (Å²) in [4.78, 5) is 9.63. The van der Waals surface area contributed by atoms with Crippen LogP contribution in [-0.2, 0) is 10.0 Å². The highest BCUT2D eigenvalue weighted by Crippen LogP contribution is 2.29. The minimum Gasteiger partial charge on any atom is -0.502 e. The molecule has 0 amide bonds. The first-order valence-corrected chi connectivity index (χ1v) is 8.53. The predicted molar refractivity (Wildman–Crippen MR) is 89.5 cm³/mol. The quantitative estimate of drug-likeness (QED) is 0.437. The molecular formula is C13H11IN2O5S. The van der Waals surface area contributed by atoms with E-state index in [1.807, 2.05) is 6.92 Å². The number of phenolic OH excluding ortho intramolecular Hbond substituents is 1. The molecule has 0 aliphatic rings. The summed E-state index contributed by atoms with van der Waals surface area (Å²) in [6.07, 6.45) is 0. The van der Waals surface area contributed by atoms with Gasteiger partial charge in [-0.25, -0.2) is 8.42 Å². The van der Waals surface area contributed by atoms with Crippen molar-refractivity contribution in [3.8, 4) is 5.75 Å². The molecular weight excluding hydrogens is 423 g/mol. The van der Waals surface area contributed by atoms with Crippen LogP contribution in [0.5, 0.6) is 5.75 Å². The van der Waals surface area contributed by atoms with Crippen LogP contribution in [-0.4, -0.2) is 18.4 Å². The van der Waals surface area contributed by atoms with Gasteiger partial charge in [-0.05, 0) is 59.3 Å². The van der Waals surface area contributed by atoms with E-state index in [1.54, 1.807) is 18.2 Å². The summed E-state index contributed by atoms with van der Waals surface area (Å²) in [5.74, 6) is -0.589. The van der Waals surface area contributed by atoms with Gasteiger partial charge in [0, 0.05) is 15.3 Å². The molecule has 0 aliphatic carbocycles. The highest BCUT2D eigenvalue weighted by atomic mass is 127. The first kappa shape index (κ1) is 16.5. The Morgan fingerprint density at radius 2 is 1.91 bits per heavy atom. The van der Waals surface area contributed by atoms with E-state index >= 15 is 0 Å². The van der Waals surface area contributed by atoms with Gasteiger partial charge in [0.15, 0.2) is 5.75 Å². The van der Waals surface area contributed by atoms with Crippen LogP contribution in [0.2, 0.25) is 0 Å². The van der Waals surface area contributed by atoms with Gasteiger partial charge in [-0.1, -0.05) is 6.07 Å². The van der Waals surface area contributed by atoms with Crippen molar-refractivity contribution in [3.63, 3.8) is 0 Å². The molecule has 0 aliphatic heterocycles. The molecule has 0 aromatic heterocycles. The van der Waals surface area contributed by atoms with Gasteiger partial charge in [-0.3, -0.25) is 14.8 Å². The Hall–Kier alpha value is -1.88. The second kappa shape index (κ2) is 6.08. The third-order valence-electron chi connectivity index (χ3n) is 2.88. The van der Waals surface area contributed by atoms with E-state index < -0.39 is 26.4 Å². The van der Waals surface area contributed by atoms with Gasteiger partial charge in [-0.15, -0.1) is 0 Å². The van der Waals surface area contributed by atoms with Crippen molar-refractivity contribution < 1.29 is 18.4 Å². The van der Waals surface area contributed by atoms with Gasteiger partial charge >= 0.3 is 5.69 Å². The molecule has 2 N–H and O–H groups in total. The molecule has 0 fully saturated rings. The van der Waals surface area contributed by atoms with E-state index in [4.69, 9.17) is 0 Å². The van der Waals surface area contributed by atoms with Crippen LogP contribution >= 0.6 is 22.6 Å². The van der Waals surface area contributed by atoms with Gasteiger partial charge in [-0.2, -0.15) is 0 Å². The molecule has 0 unspecified atom stereocenters. The van der Waals surface area contributed by atoms with Crippen LogP contribution < -0.4 is 4.72 Å². The van der Waals surface area contributed by atoms with Crippen LogP contribution in [0.4, 0.5) is 11.4 Å². The second-order valence-electron chi connectivity index (χ2n) is 4.48. The zero-order valence-electron chi connectivity index (χ0n) is 11.3. The lowest BCUT2D eigenvalue weighted by Crippen LogP contribution is -2.13. The first-order chi connectivity index (χ1) is 10.2. The van der Waals surface area contributed by atoms with Gasteiger partial charge < -0.3 is 5.11 Å². The minimum atomic E-state index is -3.98. The van der Waals surface area contributed by atoms with E-state index in [0.717, 1.165) is 27.3 Å². The molecule has 2 aromatic carbocycles. The largest absolute Gasteiger partial charge is 0.502 e. The summed E-state index contributed by atoms with van der Waals surface area (Å²) < 4.78 is 27.8. The maximum Gasteiger partial charge on any atom is 0.312 e. The molecule has 22 heavy (non-hydrogen) atoms. The number of halogens is 1. The average Bonchev–Trinajstić information content (AvgIpc) is 2.42. The number of nitrogens with one attached hydrogen (secondary N) is 1. The number of nitro benzene ring substituents is 1. The van der Waals surface area contributed by atoms with E-state index in [1.165, 1.54) is 0 Å². The minimum absolute atomic E-state index is 0.299. The number of anilines is 1. The smallest absolute Gasteiger partial charge is 0.312 e. The standard InChI is InChI=1S/C13H11IN2O5S/c1-8-2-3-9(6-11(8)14)15-22(20,21)10-4-5-13(17)12(7-10)16(18)19/h2-7,15,17H,1H3. The summed E-state index contributed by atoms with van der Waals surface area (Å²) in [5, 5.41) is 20.1. The second-order valence-corrected chi connectivity index (χ2v) is 7.32. The van der Waals surface area contributed by atoms with Gasteiger partial charge in [0.25, 0.3) is 10.0 Å². The summed E-state index contributed by atoms with van der Waals surface area (Å²) >= 11 is 2.08. The Morgan fingerprint density at radius 3 is 2.50 bits per heavy atom. The lowest BCUT2D eigenvalue weighted by Gasteiger charge is -2.09. The van der Waals surface area contributed by atoms with Crippen molar-refractivity contribution >= 4 is 44.0 Å². The topological polar surface area (TPSA) is 110 Å². The Morgan fingerprint density at radius 1 is 1.23 bits per heavy atom. The number of aromatic hydroxyl groups is 1. The number of aryl methyl sites for hydroxylation is 1. The van der Waals surface area contributed by atoms with Crippen molar-refractivity contribution in [3.05, 3.63) is 55.6 Å². The van der Waals surface area contributed by atoms with E-state index in [2.05, 4.69) is 27.3 Å². The number of nitro groups is 1. The number of benzene rings is 2. The molecule has 9 heteroatoms. The average molecular weight is 434 g/mol. The fourth-order valence-electron chi connectivity index (χ4n) is 1.69. The summed E-state index contributed by atoms with van der Waals surface area (Å²) in [6.45, 7) is 1.89. The van der Waals surface area contributed by atoms with Crippen LogP contribution in [0.3, 0.4) is 0 Å². The molecule has 116 valence electrons. The molecule has 0 atom stereocenters. The molecule has 0 radical (unpaired) electrons. The maximum atomic E-state index is 12.3.